The molecule has 0 aromatic carbocycles. The second-order valence-corrected chi connectivity index (χ2v) is 29.0. The standard InChI is InChI=1S/C70H123N9O13/c1-25-27-28-47(14)62(83)61-63(84)71-52(26-2)67(88)72(18)50(17)65(86)77(23)60(46(13)29-30-79-31-33-92-34-32-79)58(82)40-51(44(9)10)66(87)73(19)53(35-41(3)4)57(81)38-48(15)56(80)39-49(16)64(85)74(20)54(36-42(5)6)68(89)75(21)55(37-43(7)8)69(90)76(22)59(45(11)12)70(91)78(61)24/h25,27,41-55,59-62,83H,26,28-40H2,1-24H3,(H,71,84)/b27-25+/t46-,47-,48-,49+,50-,51+,52+,53+,54+,55+,59+,60+,61+,62-/m1/s1. The zero-order chi connectivity index (χ0) is 70.7. The van der Waals surface area contributed by atoms with Gasteiger partial charge in [-0.25, -0.2) is 0 Å². The summed E-state index contributed by atoms with van der Waals surface area (Å²) in [6.07, 6.45) is 2.80. The number of nitrogens with one attached hydrogen (secondary N) is 1. The SMILES string of the molecule is C/C=C/C[C@@H](C)[C@@H](O)[C@H]1C(=O)N[C@@H](CC)C(=O)N(C)[C@H](C)C(=O)N(C)[C@@H]([C@H](C)CCN2CCOCC2)C(=O)C[C@@H](C(C)C)C(=O)N(C)[C@@H](CC(C)C)C(=O)C[C@@H](C)C(=O)C[C@H](C)C(=O)N(C)[C@@H](CC(C)C)C(=O)N(C)[C@@H](CC(C)C)C(=O)N(C)[C@@H](C(C)C)C(=O)N1C. The smallest absolute Gasteiger partial charge is 0.246 e. The van der Waals surface area contributed by atoms with Crippen LogP contribution in [0.4, 0.5) is 0 Å². The minimum Gasteiger partial charge on any atom is -0.390 e. The molecule has 22 nitrogen and oxygen atoms in total. The fraction of sp³-hybridized carbons (Fsp3) is 0.814. The van der Waals surface area contributed by atoms with Gasteiger partial charge in [0.2, 0.25) is 47.3 Å². The number of amides is 8. The third kappa shape index (κ3) is 22.5. The summed E-state index contributed by atoms with van der Waals surface area (Å²) in [4.78, 5) is 175. The Balaban J connectivity index is 3.04. The predicted octanol–water partition coefficient (Wildman–Crippen LogP) is 6.24. The monoisotopic (exact) mass is 1300 g/mol. The fourth-order valence-corrected chi connectivity index (χ4v) is 13.0. The number of aliphatic hydroxyl groups is 1. The van der Waals surface area contributed by atoms with Crippen LogP contribution in [0.2, 0.25) is 0 Å². The molecule has 0 aliphatic carbocycles. The average Bonchev–Trinajstić information content (AvgIpc) is 0.865. The molecule has 2 heterocycles. The van der Waals surface area contributed by atoms with Gasteiger partial charge < -0.3 is 49.5 Å². The lowest BCUT2D eigenvalue weighted by Gasteiger charge is -2.41. The topological polar surface area (TPSA) is 255 Å². The molecule has 8 amide bonds. The highest BCUT2D eigenvalue weighted by atomic mass is 16.5. The van der Waals surface area contributed by atoms with Crippen LogP contribution < -0.4 is 5.32 Å². The van der Waals surface area contributed by atoms with Crippen LogP contribution in [0.3, 0.4) is 0 Å². The Morgan fingerprint density at radius 3 is 1.47 bits per heavy atom. The van der Waals surface area contributed by atoms with E-state index in [1.807, 2.05) is 75.3 Å². The molecule has 14 atom stereocenters. The number of carbonyl (C=O) groups is 11. The number of carbonyl (C=O) groups excluding carboxylic acids is 11. The molecule has 2 aliphatic heterocycles. The molecule has 0 bridgehead atoms. The van der Waals surface area contributed by atoms with Gasteiger partial charge in [0.05, 0.1) is 31.4 Å². The largest absolute Gasteiger partial charge is 0.390 e. The number of aliphatic hydroxyl groups excluding tert-OH is 1. The van der Waals surface area contributed by atoms with Crippen LogP contribution in [-0.2, 0) is 57.5 Å². The molecule has 0 spiro atoms. The number of hydrogen-bond donors (Lipinski definition) is 2. The number of likely N-dealkylation sites (N-methyl/N-ethyl adjacent to an activating group) is 7. The summed E-state index contributed by atoms with van der Waals surface area (Å²) in [5.41, 5.74) is 0. The summed E-state index contributed by atoms with van der Waals surface area (Å²) >= 11 is 0. The first-order valence-electron chi connectivity index (χ1n) is 34.1. The van der Waals surface area contributed by atoms with Gasteiger partial charge in [0.1, 0.15) is 42.0 Å². The molecule has 2 fully saturated rings. The summed E-state index contributed by atoms with van der Waals surface area (Å²) in [6.45, 7) is 33.5. The van der Waals surface area contributed by atoms with Crippen LogP contribution >= 0.6 is 0 Å². The highest BCUT2D eigenvalue weighted by Crippen LogP contribution is 2.30. The van der Waals surface area contributed by atoms with Crippen molar-refractivity contribution in [2.75, 3.05) is 82.2 Å². The van der Waals surface area contributed by atoms with Crippen molar-refractivity contribution in [1.29, 1.82) is 0 Å². The Bertz CT molecular complexity index is 2510. The Morgan fingerprint density at radius 1 is 0.511 bits per heavy atom. The van der Waals surface area contributed by atoms with Gasteiger partial charge in [0.25, 0.3) is 0 Å². The Labute approximate surface area is 553 Å². The van der Waals surface area contributed by atoms with Crippen molar-refractivity contribution >= 4 is 64.6 Å². The molecule has 2 aliphatic rings. The lowest BCUT2D eigenvalue weighted by molar-refractivity contribution is -0.157. The molecule has 92 heavy (non-hydrogen) atoms. The van der Waals surface area contributed by atoms with E-state index in [1.54, 1.807) is 54.7 Å². The van der Waals surface area contributed by atoms with Crippen LogP contribution in [0, 0.1) is 59.2 Å². The quantitative estimate of drug-likeness (QED) is 0.153. The lowest BCUT2D eigenvalue weighted by atomic mass is 9.83. The molecule has 0 radical (unpaired) electrons. The van der Waals surface area contributed by atoms with E-state index in [1.165, 1.54) is 78.6 Å². The van der Waals surface area contributed by atoms with Gasteiger partial charge in [0.15, 0.2) is 11.6 Å². The highest BCUT2D eigenvalue weighted by Gasteiger charge is 2.46. The van der Waals surface area contributed by atoms with E-state index < -0.39 is 143 Å². The minimum atomic E-state index is -1.61. The van der Waals surface area contributed by atoms with Crippen molar-refractivity contribution < 1.29 is 62.6 Å². The molecule has 2 N–H and O–H groups in total. The van der Waals surface area contributed by atoms with E-state index in [0.29, 0.717) is 45.7 Å². The van der Waals surface area contributed by atoms with Gasteiger partial charge in [-0.05, 0) is 100 Å². The second-order valence-electron chi connectivity index (χ2n) is 29.0. The van der Waals surface area contributed by atoms with Crippen LogP contribution in [0.5, 0.6) is 0 Å². The summed E-state index contributed by atoms with van der Waals surface area (Å²) in [6, 6.07) is -9.61. The summed E-state index contributed by atoms with van der Waals surface area (Å²) in [5.74, 6) is -11.1. The van der Waals surface area contributed by atoms with Crippen molar-refractivity contribution in [3.05, 3.63) is 12.2 Å². The van der Waals surface area contributed by atoms with Crippen LogP contribution in [0.1, 0.15) is 175 Å². The third-order valence-corrected chi connectivity index (χ3v) is 19.3. The number of allylic oxidation sites excluding steroid dienone is 2. The number of ether oxygens (including phenoxy) is 1. The molecule has 2 saturated heterocycles. The first kappa shape index (κ1) is 82.5. The van der Waals surface area contributed by atoms with E-state index in [4.69, 9.17) is 4.74 Å². The van der Waals surface area contributed by atoms with Gasteiger partial charge in [-0.15, -0.1) is 0 Å². The summed E-state index contributed by atoms with van der Waals surface area (Å²) < 4.78 is 5.59. The zero-order valence-electron chi connectivity index (χ0n) is 60.9. The molecule has 526 valence electrons. The molecule has 2 rings (SSSR count). The number of nitrogens with zero attached hydrogens (tertiary/aromatic N) is 8. The van der Waals surface area contributed by atoms with E-state index >= 15 is 24.0 Å². The van der Waals surface area contributed by atoms with Gasteiger partial charge in [0, 0.05) is 99.4 Å². The maximum atomic E-state index is 15.3. The Morgan fingerprint density at radius 2 is 0.978 bits per heavy atom. The zero-order valence-corrected chi connectivity index (χ0v) is 60.9. The Hall–Kier alpha value is -5.61. The number of rotatable bonds is 17. The first-order chi connectivity index (χ1) is 42.7. The van der Waals surface area contributed by atoms with Crippen LogP contribution in [-0.4, -0.2) is 246 Å². The minimum absolute atomic E-state index is 0.0239. The van der Waals surface area contributed by atoms with E-state index in [0.717, 1.165) is 4.90 Å². The van der Waals surface area contributed by atoms with Crippen molar-refractivity contribution in [3.63, 3.8) is 0 Å². The fourth-order valence-electron chi connectivity index (χ4n) is 13.0. The van der Waals surface area contributed by atoms with Gasteiger partial charge in [-0.1, -0.05) is 116 Å². The molecule has 0 saturated carbocycles. The molecule has 0 unspecified atom stereocenters. The van der Waals surface area contributed by atoms with E-state index in [9.17, 15) is 33.9 Å². The lowest BCUT2D eigenvalue weighted by Crippen LogP contribution is -2.63. The molecule has 0 aromatic rings. The third-order valence-electron chi connectivity index (χ3n) is 19.3. The van der Waals surface area contributed by atoms with E-state index in [2.05, 4.69) is 10.2 Å². The number of Topliss-reactive ketones (excluding diaryl/α,β-unsaturated/α-hetero) is 3. The average molecular weight is 1300 g/mol. The van der Waals surface area contributed by atoms with Crippen molar-refractivity contribution in [1.82, 2.24) is 44.5 Å². The number of morpholine rings is 1. The predicted molar refractivity (Wildman–Crippen MR) is 358 cm³/mol. The maximum absolute atomic E-state index is 15.3. The number of ketones is 3. The molecular weight excluding hydrogens is 1170 g/mol. The van der Waals surface area contributed by atoms with Crippen molar-refractivity contribution in [3.8, 4) is 0 Å². The van der Waals surface area contributed by atoms with E-state index in [-0.39, 0.29) is 80.0 Å². The summed E-state index contributed by atoms with van der Waals surface area (Å²) in [7, 11) is 10.3. The van der Waals surface area contributed by atoms with Gasteiger partial charge in [-0.2, -0.15) is 0 Å². The first-order valence-corrected chi connectivity index (χ1v) is 34.1. The van der Waals surface area contributed by atoms with Crippen LogP contribution in [0.15, 0.2) is 12.2 Å². The van der Waals surface area contributed by atoms with Crippen molar-refractivity contribution in [2.45, 2.75) is 230 Å². The molecule has 22 heteroatoms. The highest BCUT2D eigenvalue weighted by molar-refractivity contribution is 6.00. The normalized spacial score (nSPS) is 28.3. The van der Waals surface area contributed by atoms with Gasteiger partial charge in [-0.3, -0.25) is 57.6 Å². The Kier molecular flexibility index (Phi) is 34.1. The van der Waals surface area contributed by atoms with Gasteiger partial charge >= 0.3 is 0 Å². The molecular formula is C70H123N9O13. The molecule has 0 aromatic heterocycles. The number of hydrogen-bond acceptors (Lipinski definition) is 14. The van der Waals surface area contributed by atoms with Crippen molar-refractivity contribution in [2.24, 2.45) is 59.2 Å². The second kappa shape index (κ2) is 38.1. The maximum Gasteiger partial charge on any atom is 0.246 e. The van der Waals surface area contributed by atoms with Crippen LogP contribution in [0.25, 0.3) is 0 Å². The summed E-state index contributed by atoms with van der Waals surface area (Å²) in [5, 5.41) is 15.0.